The third-order valence-electron chi connectivity index (χ3n) is 5.46. The van der Waals surface area contributed by atoms with Crippen LogP contribution in [0.5, 0.6) is 0 Å². The molecule has 1 aliphatic rings. The Morgan fingerprint density at radius 1 is 1.00 bits per heavy atom. The van der Waals surface area contributed by atoms with E-state index in [2.05, 4.69) is 34.9 Å². The lowest BCUT2D eigenvalue weighted by Crippen LogP contribution is -2.44. The summed E-state index contributed by atoms with van der Waals surface area (Å²) in [6, 6.07) is 12.0. The van der Waals surface area contributed by atoms with E-state index in [4.69, 9.17) is 9.72 Å². The lowest BCUT2D eigenvalue weighted by atomic mass is 10.1. The number of hydrogen-bond donors (Lipinski definition) is 0. The summed E-state index contributed by atoms with van der Waals surface area (Å²) >= 11 is 0. The van der Waals surface area contributed by atoms with Crippen molar-refractivity contribution in [3.05, 3.63) is 70.5 Å². The summed E-state index contributed by atoms with van der Waals surface area (Å²) < 4.78 is 8.86. The van der Waals surface area contributed by atoms with Gasteiger partial charge in [-0.1, -0.05) is 30.3 Å². The van der Waals surface area contributed by atoms with Gasteiger partial charge < -0.3 is 4.74 Å². The molecule has 1 aliphatic heterocycles. The van der Waals surface area contributed by atoms with Crippen molar-refractivity contribution in [3.8, 4) is 0 Å². The van der Waals surface area contributed by atoms with E-state index in [1.165, 1.54) is 10.8 Å². The third-order valence-corrected chi connectivity index (χ3v) is 5.46. The van der Waals surface area contributed by atoms with Gasteiger partial charge >= 0.3 is 5.69 Å². The fraction of sp³-hybridized carbons (Fsp3) is 0.364. The average molecular weight is 404 g/mol. The Morgan fingerprint density at radius 2 is 1.77 bits per heavy atom. The molecule has 30 heavy (non-hydrogen) atoms. The van der Waals surface area contributed by atoms with E-state index in [-0.39, 0.29) is 17.9 Å². The predicted molar refractivity (Wildman–Crippen MR) is 113 cm³/mol. The number of pyridine rings is 1. The molecule has 1 aromatic carbocycles. The first kappa shape index (κ1) is 18.9. The number of hydrogen-bond acceptors (Lipinski definition) is 6. The van der Waals surface area contributed by atoms with Crippen LogP contribution in [0.15, 0.2) is 53.7 Å². The quantitative estimate of drug-likeness (QED) is 0.518. The van der Waals surface area contributed by atoms with Gasteiger partial charge in [-0.25, -0.2) is 14.8 Å². The summed E-state index contributed by atoms with van der Waals surface area (Å²) in [5.74, 6) is 0. The Kier molecular flexibility index (Phi) is 4.80. The number of benzene rings is 1. The van der Waals surface area contributed by atoms with Crippen molar-refractivity contribution >= 4 is 16.7 Å². The maximum absolute atomic E-state index is 13.0. The second-order valence-corrected chi connectivity index (χ2v) is 8.02. The number of nitrogens with zero attached hydrogens (tertiary/aromatic N) is 6. The van der Waals surface area contributed by atoms with Crippen LogP contribution in [0.25, 0.3) is 16.7 Å². The van der Waals surface area contributed by atoms with Gasteiger partial charge in [0.2, 0.25) is 0 Å². The Bertz CT molecular complexity index is 1240. The van der Waals surface area contributed by atoms with Gasteiger partial charge in [0.1, 0.15) is 12.0 Å². The summed E-state index contributed by atoms with van der Waals surface area (Å²) in [5.41, 5.74) is 3.03. The minimum Gasteiger partial charge on any atom is -0.373 e. The molecule has 0 amide bonds. The van der Waals surface area contributed by atoms with Crippen molar-refractivity contribution < 1.29 is 4.74 Å². The van der Waals surface area contributed by atoms with E-state index in [9.17, 15) is 4.79 Å². The molecular weight excluding hydrogens is 380 g/mol. The molecule has 8 nitrogen and oxygen atoms in total. The Hall–Kier alpha value is -3.10. The van der Waals surface area contributed by atoms with E-state index in [0.717, 1.165) is 36.1 Å². The van der Waals surface area contributed by atoms with Crippen molar-refractivity contribution in [1.29, 1.82) is 0 Å². The zero-order chi connectivity index (χ0) is 20.7. The van der Waals surface area contributed by atoms with E-state index in [1.54, 1.807) is 4.57 Å². The topological polar surface area (TPSA) is 77.6 Å². The van der Waals surface area contributed by atoms with Gasteiger partial charge in [-0.05, 0) is 31.0 Å². The number of ether oxygens (including phenoxy) is 1. The highest BCUT2D eigenvalue weighted by atomic mass is 16.5. The highest BCUT2D eigenvalue weighted by molar-refractivity contribution is 5.89. The van der Waals surface area contributed by atoms with Gasteiger partial charge in [-0.3, -0.25) is 9.47 Å². The smallest absolute Gasteiger partial charge is 0.352 e. The second kappa shape index (κ2) is 7.62. The number of morpholine rings is 1. The largest absolute Gasteiger partial charge is 0.373 e. The van der Waals surface area contributed by atoms with Crippen molar-refractivity contribution in [2.24, 2.45) is 0 Å². The molecule has 4 aromatic rings. The Balaban J connectivity index is 1.58. The van der Waals surface area contributed by atoms with Crippen LogP contribution in [0.2, 0.25) is 0 Å². The normalized spacial score (nSPS) is 20.2. The van der Waals surface area contributed by atoms with Gasteiger partial charge in [0.15, 0.2) is 5.65 Å². The zero-order valence-corrected chi connectivity index (χ0v) is 17.1. The molecule has 0 bridgehead atoms. The van der Waals surface area contributed by atoms with Crippen LogP contribution in [0.1, 0.15) is 25.0 Å². The van der Waals surface area contributed by atoms with Crippen LogP contribution in [-0.2, 0) is 17.8 Å². The highest BCUT2D eigenvalue weighted by Gasteiger charge is 2.23. The summed E-state index contributed by atoms with van der Waals surface area (Å²) in [5, 5.41) is 4.98. The molecule has 0 aliphatic carbocycles. The number of rotatable bonds is 4. The number of aromatic nitrogens is 5. The molecule has 5 rings (SSSR count). The van der Waals surface area contributed by atoms with E-state index in [1.807, 2.05) is 36.5 Å². The molecule has 154 valence electrons. The fourth-order valence-corrected chi connectivity index (χ4v) is 4.32. The minimum atomic E-state index is -0.241. The first-order chi connectivity index (χ1) is 14.6. The zero-order valence-electron chi connectivity index (χ0n) is 17.1. The van der Waals surface area contributed by atoms with Crippen LogP contribution in [0, 0.1) is 0 Å². The van der Waals surface area contributed by atoms with Crippen molar-refractivity contribution in [2.45, 2.75) is 39.1 Å². The molecule has 0 spiro atoms. The molecule has 1 saturated heterocycles. The predicted octanol–water partition coefficient (Wildman–Crippen LogP) is 2.10. The summed E-state index contributed by atoms with van der Waals surface area (Å²) in [7, 11) is 0. The molecule has 0 radical (unpaired) electrons. The maximum Gasteiger partial charge on any atom is 0.352 e. The van der Waals surface area contributed by atoms with E-state index < -0.39 is 0 Å². The van der Waals surface area contributed by atoms with Crippen molar-refractivity contribution in [3.63, 3.8) is 0 Å². The molecule has 2 atom stereocenters. The monoisotopic (exact) mass is 404 g/mol. The Labute approximate surface area is 173 Å². The van der Waals surface area contributed by atoms with E-state index in [0.29, 0.717) is 17.8 Å². The molecule has 0 saturated carbocycles. The summed E-state index contributed by atoms with van der Waals surface area (Å²) in [4.78, 5) is 24.4. The minimum absolute atomic E-state index is 0.210. The fourth-order valence-electron chi connectivity index (χ4n) is 4.32. The molecule has 0 unspecified atom stereocenters. The van der Waals surface area contributed by atoms with Gasteiger partial charge in [-0.15, -0.1) is 0 Å². The van der Waals surface area contributed by atoms with Crippen LogP contribution in [-0.4, -0.2) is 54.3 Å². The molecule has 8 heteroatoms. The first-order valence-corrected chi connectivity index (χ1v) is 10.2. The van der Waals surface area contributed by atoms with Crippen LogP contribution in [0.3, 0.4) is 0 Å². The SMILES string of the molecule is C[C@@H]1CN(Cc2cnc3c(c2)c2ncnn2c(=O)n3Cc2ccccc2)C[C@H](C)O1. The van der Waals surface area contributed by atoms with Crippen LogP contribution in [0.4, 0.5) is 0 Å². The molecule has 4 heterocycles. The molecule has 3 aromatic heterocycles. The number of fused-ring (bicyclic) bond motifs is 3. The Morgan fingerprint density at radius 3 is 2.53 bits per heavy atom. The first-order valence-electron chi connectivity index (χ1n) is 10.2. The van der Waals surface area contributed by atoms with Gasteiger partial charge in [0.25, 0.3) is 0 Å². The maximum atomic E-state index is 13.0. The lowest BCUT2D eigenvalue weighted by Gasteiger charge is -2.35. The van der Waals surface area contributed by atoms with Gasteiger partial charge in [0.05, 0.1) is 24.1 Å². The highest BCUT2D eigenvalue weighted by Crippen LogP contribution is 2.20. The average Bonchev–Trinajstić information content (AvgIpc) is 3.22. The second-order valence-electron chi connectivity index (χ2n) is 8.02. The van der Waals surface area contributed by atoms with E-state index >= 15 is 0 Å². The van der Waals surface area contributed by atoms with Gasteiger partial charge in [-0.2, -0.15) is 9.61 Å². The third kappa shape index (κ3) is 3.48. The lowest BCUT2D eigenvalue weighted by molar-refractivity contribution is -0.0705. The van der Waals surface area contributed by atoms with Crippen LogP contribution >= 0.6 is 0 Å². The molecule has 1 fully saturated rings. The summed E-state index contributed by atoms with van der Waals surface area (Å²) in [6.07, 6.45) is 3.70. The van der Waals surface area contributed by atoms with Crippen molar-refractivity contribution in [1.82, 2.24) is 29.0 Å². The molecular formula is C22H24N6O2. The van der Waals surface area contributed by atoms with Crippen LogP contribution < -0.4 is 5.69 Å². The standard InChI is InChI=1S/C22H24N6O2/c1-15-10-26(11-16(2)30-15)12-18-8-19-20(23-9-18)27(13-17-6-4-3-5-7-17)22(29)28-21(19)24-14-25-28/h3-9,14-16H,10-13H2,1-2H3/t15-,16+. The van der Waals surface area contributed by atoms with Crippen molar-refractivity contribution in [2.75, 3.05) is 13.1 Å². The summed E-state index contributed by atoms with van der Waals surface area (Å²) in [6.45, 7) is 7.18. The molecule has 0 N–H and O–H groups in total. The van der Waals surface area contributed by atoms with Gasteiger partial charge in [0, 0.05) is 25.8 Å².